The number of aryl methyl sites for hydroxylation is 1. The van der Waals surface area contributed by atoms with Crippen molar-refractivity contribution < 1.29 is 9.84 Å². The van der Waals surface area contributed by atoms with E-state index in [1.54, 1.807) is 29.0 Å². The van der Waals surface area contributed by atoms with E-state index in [1.165, 1.54) is 0 Å². The zero-order valence-electron chi connectivity index (χ0n) is 19.3. The first-order chi connectivity index (χ1) is 17.7. The lowest BCUT2D eigenvalue weighted by molar-refractivity contribution is 0.402. The number of phenolic OH excluding ortho intramolecular Hbond substituents is 1. The van der Waals surface area contributed by atoms with Crippen molar-refractivity contribution in [2.75, 3.05) is 0 Å². The van der Waals surface area contributed by atoms with Gasteiger partial charge in [-0.3, -0.25) is 0 Å². The molecule has 1 N–H and O–H groups in total. The molecule has 0 amide bonds. The first kappa shape index (κ1) is 20.4. The average Bonchev–Trinajstić information content (AvgIpc) is 3.50. The molecule has 0 aliphatic carbocycles. The molecule has 0 fully saturated rings. The van der Waals surface area contributed by atoms with Gasteiger partial charge in [-0.05, 0) is 36.8 Å². The summed E-state index contributed by atoms with van der Waals surface area (Å²) in [5.41, 5.74) is 5.77. The van der Waals surface area contributed by atoms with E-state index >= 15 is 0 Å². The number of hydrogen-bond acceptors (Lipinski definition) is 6. The van der Waals surface area contributed by atoms with E-state index in [-0.39, 0.29) is 11.7 Å². The van der Waals surface area contributed by atoms with Crippen molar-refractivity contribution in [2.45, 2.75) is 12.8 Å². The van der Waals surface area contributed by atoms with Gasteiger partial charge in [-0.15, -0.1) is 5.10 Å². The van der Waals surface area contributed by atoms with Crippen molar-refractivity contribution >= 4 is 5.65 Å². The van der Waals surface area contributed by atoms with Crippen LogP contribution >= 0.6 is 0 Å². The maximum absolute atomic E-state index is 10.4. The van der Waals surface area contributed by atoms with Crippen LogP contribution in [0.15, 0.2) is 91.3 Å². The minimum Gasteiger partial charge on any atom is -0.507 e. The Morgan fingerprint density at radius 3 is 2.33 bits per heavy atom. The molecule has 4 heterocycles. The molecule has 8 heteroatoms. The largest absolute Gasteiger partial charge is 0.507 e. The molecule has 1 aliphatic heterocycles. The number of para-hydroxylation sites is 2. The van der Waals surface area contributed by atoms with Crippen LogP contribution in [0.3, 0.4) is 0 Å². The van der Waals surface area contributed by atoms with Gasteiger partial charge in [0.2, 0.25) is 11.8 Å². The van der Waals surface area contributed by atoms with Gasteiger partial charge in [0, 0.05) is 0 Å². The molecule has 174 valence electrons. The summed E-state index contributed by atoms with van der Waals surface area (Å²) in [6, 6.07) is 27.2. The Balaban J connectivity index is 1.50. The SMILES string of the molecule is Cc1nn(-c2ccccc2)c2c1[C@@H](c1ccccc1)c1c(ncn3nc(-c4ccccc4O)nc13)O2. The number of fused-ring (bicyclic) bond motifs is 4. The van der Waals surface area contributed by atoms with Crippen LogP contribution in [0.4, 0.5) is 0 Å². The Kier molecular flexibility index (Phi) is 4.41. The van der Waals surface area contributed by atoms with Gasteiger partial charge >= 0.3 is 0 Å². The first-order valence-corrected chi connectivity index (χ1v) is 11.6. The van der Waals surface area contributed by atoms with Crippen LogP contribution in [0.1, 0.15) is 28.3 Å². The van der Waals surface area contributed by atoms with Crippen LogP contribution in [-0.4, -0.2) is 34.5 Å². The maximum Gasteiger partial charge on any atom is 0.230 e. The van der Waals surface area contributed by atoms with Crippen molar-refractivity contribution in [1.82, 2.24) is 29.4 Å². The fraction of sp³-hybridized carbons (Fsp3) is 0.0714. The van der Waals surface area contributed by atoms with Crippen molar-refractivity contribution in [1.29, 1.82) is 0 Å². The van der Waals surface area contributed by atoms with E-state index < -0.39 is 0 Å². The van der Waals surface area contributed by atoms with Gasteiger partial charge in [0.25, 0.3) is 0 Å². The molecule has 3 aromatic heterocycles. The highest BCUT2D eigenvalue weighted by atomic mass is 16.5. The zero-order chi connectivity index (χ0) is 24.2. The Morgan fingerprint density at radius 2 is 1.56 bits per heavy atom. The van der Waals surface area contributed by atoms with Crippen LogP contribution < -0.4 is 4.74 Å². The smallest absolute Gasteiger partial charge is 0.230 e. The molecule has 8 nitrogen and oxygen atoms in total. The van der Waals surface area contributed by atoms with Crippen LogP contribution in [-0.2, 0) is 0 Å². The molecule has 36 heavy (non-hydrogen) atoms. The van der Waals surface area contributed by atoms with Crippen LogP contribution in [0.5, 0.6) is 17.5 Å². The molecule has 0 spiro atoms. The minimum atomic E-state index is -0.222. The highest BCUT2D eigenvalue weighted by Crippen LogP contribution is 2.49. The second kappa shape index (κ2) is 7.78. The lowest BCUT2D eigenvalue weighted by Crippen LogP contribution is -2.16. The molecule has 0 saturated carbocycles. The molecule has 0 unspecified atom stereocenters. The third kappa shape index (κ3) is 3.01. The predicted molar refractivity (Wildman–Crippen MR) is 134 cm³/mol. The maximum atomic E-state index is 10.4. The number of aromatic nitrogens is 6. The molecule has 1 aliphatic rings. The summed E-state index contributed by atoms with van der Waals surface area (Å²) in [4.78, 5) is 9.48. The Bertz CT molecular complexity index is 1740. The summed E-state index contributed by atoms with van der Waals surface area (Å²) in [7, 11) is 0. The third-order valence-corrected chi connectivity index (χ3v) is 6.50. The Labute approximate surface area is 206 Å². The second-order valence-electron chi connectivity index (χ2n) is 8.68. The van der Waals surface area contributed by atoms with Crippen molar-refractivity contribution in [2.24, 2.45) is 0 Å². The third-order valence-electron chi connectivity index (χ3n) is 6.50. The van der Waals surface area contributed by atoms with Gasteiger partial charge < -0.3 is 9.84 Å². The first-order valence-electron chi connectivity index (χ1n) is 11.6. The second-order valence-corrected chi connectivity index (χ2v) is 8.68. The normalized spacial score (nSPS) is 14.3. The fourth-order valence-electron chi connectivity index (χ4n) is 4.88. The number of rotatable bonds is 3. The quantitative estimate of drug-likeness (QED) is 0.376. The lowest BCUT2D eigenvalue weighted by Gasteiger charge is -2.26. The molecule has 7 rings (SSSR count). The molecule has 0 saturated heterocycles. The summed E-state index contributed by atoms with van der Waals surface area (Å²) >= 11 is 0. The van der Waals surface area contributed by atoms with Gasteiger partial charge in [-0.1, -0.05) is 60.7 Å². The number of ether oxygens (including phenoxy) is 1. The molecule has 3 aromatic carbocycles. The minimum absolute atomic E-state index is 0.119. The number of nitrogens with zero attached hydrogens (tertiary/aromatic N) is 6. The summed E-state index contributed by atoms with van der Waals surface area (Å²) < 4.78 is 9.91. The summed E-state index contributed by atoms with van der Waals surface area (Å²) in [6.07, 6.45) is 1.59. The Morgan fingerprint density at radius 1 is 0.833 bits per heavy atom. The number of benzene rings is 3. The molecule has 0 radical (unpaired) electrons. The van der Waals surface area contributed by atoms with E-state index in [0.29, 0.717) is 28.8 Å². The van der Waals surface area contributed by atoms with E-state index in [0.717, 1.165) is 28.1 Å². The predicted octanol–water partition coefficient (Wildman–Crippen LogP) is 5.28. The summed E-state index contributed by atoms with van der Waals surface area (Å²) in [5, 5.41) is 19.9. The zero-order valence-corrected chi connectivity index (χ0v) is 19.3. The Hall–Kier alpha value is -4.98. The van der Waals surface area contributed by atoms with Crippen LogP contribution in [0.25, 0.3) is 22.7 Å². The van der Waals surface area contributed by atoms with E-state index in [2.05, 4.69) is 22.2 Å². The molecule has 6 aromatic rings. The molecular formula is C28H20N6O2. The number of phenols is 1. The molecule has 0 bridgehead atoms. The van der Waals surface area contributed by atoms with Crippen LogP contribution in [0.2, 0.25) is 0 Å². The fourth-order valence-corrected chi connectivity index (χ4v) is 4.88. The number of hydrogen-bond donors (Lipinski definition) is 1. The van der Waals surface area contributed by atoms with Gasteiger partial charge in [0.05, 0.1) is 34.0 Å². The lowest BCUT2D eigenvalue weighted by atomic mass is 9.84. The van der Waals surface area contributed by atoms with Gasteiger partial charge in [0.15, 0.2) is 11.5 Å². The van der Waals surface area contributed by atoms with Gasteiger partial charge in [-0.25, -0.2) is 19.2 Å². The van der Waals surface area contributed by atoms with E-state index in [9.17, 15) is 5.11 Å². The van der Waals surface area contributed by atoms with Gasteiger partial charge in [0.1, 0.15) is 12.1 Å². The van der Waals surface area contributed by atoms with Crippen molar-refractivity contribution in [3.05, 3.63) is 114 Å². The van der Waals surface area contributed by atoms with E-state index in [1.807, 2.05) is 66.2 Å². The highest BCUT2D eigenvalue weighted by Gasteiger charge is 2.38. The van der Waals surface area contributed by atoms with Crippen LogP contribution in [0, 0.1) is 6.92 Å². The molecular weight excluding hydrogens is 452 g/mol. The highest BCUT2D eigenvalue weighted by molar-refractivity contribution is 5.70. The standard InChI is InChI=1S/C28H20N6O2/c1-17-22-23(18-10-4-2-5-11-18)24-26-30-25(20-14-8-9-15-21(20)35)32-33(26)16-29-27(24)36-28(22)34(31-17)19-12-6-3-7-13-19/h2-16,23,35H,1H3/t23-/m1/s1. The molecule has 1 atom stereocenters. The summed E-state index contributed by atoms with van der Waals surface area (Å²) in [5.74, 6) is 1.40. The monoisotopic (exact) mass is 472 g/mol. The van der Waals surface area contributed by atoms with Gasteiger partial charge in [-0.2, -0.15) is 5.10 Å². The number of aromatic hydroxyl groups is 1. The van der Waals surface area contributed by atoms with Crippen molar-refractivity contribution in [3.8, 4) is 34.6 Å². The average molecular weight is 473 g/mol. The topological polar surface area (TPSA) is 90.4 Å². The van der Waals surface area contributed by atoms with E-state index in [4.69, 9.17) is 14.8 Å². The van der Waals surface area contributed by atoms with Crippen molar-refractivity contribution in [3.63, 3.8) is 0 Å². The summed E-state index contributed by atoms with van der Waals surface area (Å²) in [6.45, 7) is 1.99.